The molecule has 1 unspecified atom stereocenters. The van der Waals surface area contributed by atoms with Crippen LogP contribution in [0.3, 0.4) is 0 Å². The fraction of sp³-hybridized carbons (Fsp3) is 0.667. The average molecular weight is 349 g/mol. The number of carbonyl (C=O) groups is 2. The van der Waals surface area contributed by atoms with Gasteiger partial charge in [-0.3, -0.25) is 14.7 Å². The van der Waals surface area contributed by atoms with Gasteiger partial charge >= 0.3 is 0 Å². The van der Waals surface area contributed by atoms with Crippen LogP contribution >= 0.6 is 0 Å². The zero-order chi connectivity index (χ0) is 18.9. The zero-order valence-corrected chi connectivity index (χ0v) is 15.8. The summed E-state index contributed by atoms with van der Waals surface area (Å²) in [6.07, 6.45) is 8.61. The molecule has 2 amide bonds. The number of aromatic nitrogens is 3. The number of hydrogen-bond donors (Lipinski definition) is 3. The van der Waals surface area contributed by atoms with Crippen LogP contribution in [-0.4, -0.2) is 27.0 Å². The van der Waals surface area contributed by atoms with E-state index in [0.717, 1.165) is 19.3 Å². The van der Waals surface area contributed by atoms with E-state index in [1.165, 1.54) is 25.0 Å². The summed E-state index contributed by atoms with van der Waals surface area (Å²) in [5.74, 6) is 0.481. The number of carbonyl (C=O) groups excluding carboxylic acids is 2. The van der Waals surface area contributed by atoms with Gasteiger partial charge in [-0.25, -0.2) is 4.98 Å². The van der Waals surface area contributed by atoms with Crippen LogP contribution in [0.2, 0.25) is 0 Å². The first kappa shape index (κ1) is 20.9. The van der Waals surface area contributed by atoms with Crippen molar-refractivity contribution in [3.8, 4) is 0 Å². The molecule has 0 fully saturated rings. The van der Waals surface area contributed by atoms with Gasteiger partial charge in [0, 0.05) is 17.9 Å². The molecule has 0 saturated carbocycles. The second kappa shape index (κ2) is 9.96. The van der Waals surface area contributed by atoms with Crippen LogP contribution in [0, 0.1) is 0 Å². The second-order valence-electron chi connectivity index (χ2n) is 7.27. The van der Waals surface area contributed by atoms with Crippen LogP contribution in [0.15, 0.2) is 12.2 Å². The van der Waals surface area contributed by atoms with E-state index < -0.39 is 11.9 Å². The van der Waals surface area contributed by atoms with Crippen LogP contribution in [0.25, 0.3) is 0 Å². The van der Waals surface area contributed by atoms with Crippen molar-refractivity contribution < 1.29 is 9.59 Å². The van der Waals surface area contributed by atoms with Crippen LogP contribution in [0.4, 0.5) is 0 Å². The van der Waals surface area contributed by atoms with Crippen molar-refractivity contribution in [1.82, 2.24) is 20.5 Å². The monoisotopic (exact) mass is 349 g/mol. The topological polar surface area (TPSA) is 114 Å². The lowest BCUT2D eigenvalue weighted by Crippen LogP contribution is -2.28. The summed E-state index contributed by atoms with van der Waals surface area (Å²) in [6.45, 7) is 8.17. The van der Waals surface area contributed by atoms with Gasteiger partial charge < -0.3 is 11.1 Å². The van der Waals surface area contributed by atoms with Crippen molar-refractivity contribution in [2.45, 2.75) is 77.7 Å². The molecule has 1 aromatic heterocycles. The molecule has 1 heterocycles. The minimum atomic E-state index is -0.575. The maximum absolute atomic E-state index is 12.2. The van der Waals surface area contributed by atoms with Crippen LogP contribution < -0.4 is 11.1 Å². The molecule has 7 heteroatoms. The molecule has 7 nitrogen and oxygen atoms in total. The first-order valence-corrected chi connectivity index (χ1v) is 8.93. The summed E-state index contributed by atoms with van der Waals surface area (Å²) in [5.41, 5.74) is 4.95. The molecule has 0 saturated heterocycles. The molecular weight excluding hydrogens is 318 g/mol. The number of unbranched alkanes of at least 4 members (excludes halogenated alkanes) is 4. The summed E-state index contributed by atoms with van der Waals surface area (Å²) >= 11 is 0. The van der Waals surface area contributed by atoms with Crippen molar-refractivity contribution in [1.29, 1.82) is 0 Å². The summed E-state index contributed by atoms with van der Waals surface area (Å²) in [4.78, 5) is 27.7. The Bertz CT molecular complexity index is 587. The third-order valence-electron chi connectivity index (χ3n) is 3.74. The van der Waals surface area contributed by atoms with E-state index in [2.05, 4.69) is 27.4 Å². The average Bonchev–Trinajstić information content (AvgIpc) is 3.01. The fourth-order valence-corrected chi connectivity index (χ4v) is 2.28. The molecule has 25 heavy (non-hydrogen) atoms. The minimum Gasteiger partial charge on any atom is -0.366 e. The van der Waals surface area contributed by atoms with Crippen molar-refractivity contribution in [3.05, 3.63) is 23.8 Å². The first-order valence-electron chi connectivity index (χ1n) is 8.93. The maximum Gasteiger partial charge on any atom is 0.241 e. The third-order valence-corrected chi connectivity index (χ3v) is 3.74. The van der Waals surface area contributed by atoms with Gasteiger partial charge in [-0.2, -0.15) is 5.10 Å². The third kappa shape index (κ3) is 7.96. The van der Waals surface area contributed by atoms with Crippen LogP contribution in [-0.2, 0) is 15.0 Å². The summed E-state index contributed by atoms with van der Waals surface area (Å²) in [6, 6.07) is -0.556. The number of nitrogens with two attached hydrogens (primary N) is 1. The maximum atomic E-state index is 12.2. The number of rotatable bonds is 10. The van der Waals surface area contributed by atoms with Crippen LogP contribution in [0.5, 0.6) is 0 Å². The first-order chi connectivity index (χ1) is 11.7. The summed E-state index contributed by atoms with van der Waals surface area (Å²) in [7, 11) is 0. The molecule has 1 rings (SSSR count). The molecule has 0 aromatic carbocycles. The Morgan fingerprint density at radius 3 is 2.48 bits per heavy atom. The van der Waals surface area contributed by atoms with Gasteiger partial charge in [-0.15, -0.1) is 0 Å². The van der Waals surface area contributed by atoms with E-state index >= 15 is 0 Å². The highest BCUT2D eigenvalue weighted by molar-refractivity contribution is 5.86. The lowest BCUT2D eigenvalue weighted by atomic mass is 9.96. The molecule has 0 aliphatic rings. The van der Waals surface area contributed by atoms with Crippen molar-refractivity contribution in [2.75, 3.05) is 0 Å². The number of H-pyrrole nitrogens is 1. The Balaban J connectivity index is 2.72. The zero-order valence-electron chi connectivity index (χ0n) is 15.8. The minimum absolute atomic E-state index is 0.0793. The smallest absolute Gasteiger partial charge is 0.241 e. The summed E-state index contributed by atoms with van der Waals surface area (Å²) in [5, 5.41) is 9.92. The molecule has 1 atom stereocenters. The quantitative estimate of drug-likeness (QED) is 0.445. The van der Waals surface area contributed by atoms with Gasteiger partial charge in [-0.05, 0) is 12.5 Å². The largest absolute Gasteiger partial charge is 0.366 e. The molecule has 0 radical (unpaired) electrons. The number of nitrogens with one attached hydrogen (secondary N) is 2. The molecular formula is C18H31N5O2. The molecule has 0 aliphatic heterocycles. The number of amides is 2. The van der Waals surface area contributed by atoms with Gasteiger partial charge in [0.1, 0.15) is 6.04 Å². The van der Waals surface area contributed by atoms with E-state index in [9.17, 15) is 9.59 Å². The Morgan fingerprint density at radius 2 is 1.92 bits per heavy atom. The van der Waals surface area contributed by atoms with E-state index in [-0.39, 0.29) is 11.3 Å². The van der Waals surface area contributed by atoms with E-state index in [1.54, 1.807) is 0 Å². The Morgan fingerprint density at radius 1 is 1.24 bits per heavy atom. The van der Waals surface area contributed by atoms with Gasteiger partial charge in [0.15, 0.2) is 11.6 Å². The normalized spacial score (nSPS) is 13.1. The number of hydrogen-bond acceptors (Lipinski definition) is 4. The van der Waals surface area contributed by atoms with Gasteiger partial charge in [0.25, 0.3) is 0 Å². The lowest BCUT2D eigenvalue weighted by molar-refractivity contribution is -0.121. The van der Waals surface area contributed by atoms with Crippen molar-refractivity contribution in [2.24, 2.45) is 5.73 Å². The predicted octanol–water partition coefficient (Wildman–Crippen LogP) is 2.66. The SMILES string of the molecule is CCCCCCCC(=O)NC(/C=C/C(N)=O)c1nc(C(C)(C)C)n[nH]1. The van der Waals surface area contributed by atoms with E-state index in [0.29, 0.717) is 18.1 Å². The Labute approximate surface area is 149 Å². The fourth-order valence-electron chi connectivity index (χ4n) is 2.28. The number of aromatic amines is 1. The van der Waals surface area contributed by atoms with Gasteiger partial charge in [0.05, 0.1) is 0 Å². The predicted molar refractivity (Wildman–Crippen MR) is 97.7 cm³/mol. The van der Waals surface area contributed by atoms with Crippen LogP contribution in [0.1, 0.15) is 83.9 Å². The summed E-state index contributed by atoms with van der Waals surface area (Å²) < 4.78 is 0. The van der Waals surface area contributed by atoms with Crippen molar-refractivity contribution >= 4 is 11.8 Å². The molecule has 0 aliphatic carbocycles. The molecule has 140 valence electrons. The van der Waals surface area contributed by atoms with Gasteiger partial charge in [0.2, 0.25) is 11.8 Å². The van der Waals surface area contributed by atoms with E-state index in [1.807, 2.05) is 20.8 Å². The second-order valence-corrected chi connectivity index (χ2v) is 7.27. The number of nitrogens with zero attached hydrogens (tertiary/aromatic N) is 2. The highest BCUT2D eigenvalue weighted by atomic mass is 16.2. The Kier molecular flexibility index (Phi) is 8.31. The lowest BCUT2D eigenvalue weighted by Gasteiger charge is -2.14. The number of primary amides is 1. The Hall–Kier alpha value is -2.18. The van der Waals surface area contributed by atoms with Gasteiger partial charge in [-0.1, -0.05) is 53.4 Å². The highest BCUT2D eigenvalue weighted by Gasteiger charge is 2.22. The molecule has 0 spiro atoms. The van der Waals surface area contributed by atoms with E-state index in [4.69, 9.17) is 5.73 Å². The standard InChI is InChI=1S/C18H31N5O2/c1-5-6-7-8-9-10-15(25)20-13(11-12-14(19)24)16-21-17(23-22-16)18(2,3)4/h11-13H,5-10H2,1-4H3,(H2,19,24)(H,20,25)(H,21,22,23)/b12-11+. The van der Waals surface area contributed by atoms with Crippen molar-refractivity contribution in [3.63, 3.8) is 0 Å². The molecule has 4 N–H and O–H groups in total. The molecule has 0 bridgehead atoms. The molecule has 1 aromatic rings. The highest BCUT2D eigenvalue weighted by Crippen LogP contribution is 2.20.